The number of nitrogens with zero attached hydrogens (tertiary/aromatic N) is 1. The van der Waals surface area contributed by atoms with Crippen molar-refractivity contribution in [2.45, 2.75) is 31.9 Å². The molecule has 2 atom stereocenters. The molecule has 8 nitrogen and oxygen atoms in total. The van der Waals surface area contributed by atoms with Crippen LogP contribution in [0.15, 0.2) is 36.4 Å². The molecule has 0 saturated heterocycles. The molecular weight excluding hydrogens is 414 g/mol. The van der Waals surface area contributed by atoms with Crippen LogP contribution in [-0.2, 0) is 20.7 Å². The van der Waals surface area contributed by atoms with Crippen molar-refractivity contribution in [2.24, 2.45) is 0 Å². The number of rotatable bonds is 8. The average molecular weight is 443 g/mol. The molecule has 3 rings (SSSR count). The lowest BCUT2D eigenvalue weighted by molar-refractivity contribution is -0.146. The highest BCUT2D eigenvalue weighted by Gasteiger charge is 2.36. The number of amides is 1. The minimum Gasteiger partial charge on any atom is -0.497 e. The molecule has 1 aliphatic rings. The fourth-order valence-electron chi connectivity index (χ4n) is 3.90. The number of benzene rings is 2. The fraction of sp³-hybridized carbons (Fsp3) is 0.417. The van der Waals surface area contributed by atoms with Crippen LogP contribution in [0.1, 0.15) is 30.5 Å². The third-order valence-electron chi connectivity index (χ3n) is 5.59. The van der Waals surface area contributed by atoms with E-state index in [2.05, 4.69) is 0 Å². The number of hydrogen-bond donors (Lipinski definition) is 0. The van der Waals surface area contributed by atoms with E-state index >= 15 is 0 Å². The Kier molecular flexibility index (Phi) is 7.45. The van der Waals surface area contributed by atoms with Crippen LogP contribution >= 0.6 is 0 Å². The van der Waals surface area contributed by atoms with Crippen molar-refractivity contribution in [3.8, 4) is 23.0 Å². The molecule has 0 N–H and O–H groups in total. The summed E-state index contributed by atoms with van der Waals surface area (Å²) in [5, 5.41) is 0. The second kappa shape index (κ2) is 10.3. The van der Waals surface area contributed by atoms with Crippen molar-refractivity contribution < 1.29 is 33.3 Å². The van der Waals surface area contributed by atoms with Crippen LogP contribution < -0.4 is 18.9 Å². The second-order valence-electron chi connectivity index (χ2n) is 7.42. The monoisotopic (exact) mass is 443 g/mol. The number of fused-ring (bicyclic) bond motifs is 1. The van der Waals surface area contributed by atoms with E-state index in [4.69, 9.17) is 23.7 Å². The van der Waals surface area contributed by atoms with E-state index in [0.717, 1.165) is 11.1 Å². The predicted molar refractivity (Wildman–Crippen MR) is 117 cm³/mol. The lowest BCUT2D eigenvalue weighted by atomic mass is 9.89. The van der Waals surface area contributed by atoms with Crippen LogP contribution in [0.5, 0.6) is 23.0 Å². The van der Waals surface area contributed by atoms with Crippen LogP contribution in [0.4, 0.5) is 0 Å². The number of ether oxygens (including phenoxy) is 5. The summed E-state index contributed by atoms with van der Waals surface area (Å²) in [5.74, 6) is 1.79. The first-order valence-corrected chi connectivity index (χ1v) is 10.3. The zero-order valence-electron chi connectivity index (χ0n) is 19.0. The average Bonchev–Trinajstić information content (AvgIpc) is 2.83. The van der Waals surface area contributed by atoms with Gasteiger partial charge in [-0.05, 0) is 60.9 Å². The Hall–Kier alpha value is -3.42. The van der Waals surface area contributed by atoms with Gasteiger partial charge in [-0.15, -0.1) is 0 Å². The molecule has 1 aliphatic heterocycles. The van der Waals surface area contributed by atoms with E-state index in [1.807, 2.05) is 12.1 Å². The van der Waals surface area contributed by atoms with Crippen LogP contribution in [-0.4, -0.2) is 57.9 Å². The number of carbonyl (C=O) groups is 2. The quantitative estimate of drug-likeness (QED) is 0.580. The molecule has 172 valence electrons. The smallest absolute Gasteiger partial charge is 0.307 e. The third-order valence-corrected chi connectivity index (χ3v) is 5.59. The highest BCUT2D eigenvalue weighted by molar-refractivity contribution is 5.83. The third kappa shape index (κ3) is 4.90. The number of methoxy groups -OCH3 is 4. The van der Waals surface area contributed by atoms with Gasteiger partial charge in [-0.1, -0.05) is 0 Å². The zero-order chi connectivity index (χ0) is 23.3. The maximum atomic E-state index is 13.4. The Morgan fingerprint density at radius 2 is 1.59 bits per heavy atom. The highest BCUT2D eigenvalue weighted by atomic mass is 16.5. The normalized spacial score (nSPS) is 15.9. The van der Waals surface area contributed by atoms with Gasteiger partial charge in [0.15, 0.2) is 17.6 Å². The first-order chi connectivity index (χ1) is 15.4. The maximum absolute atomic E-state index is 13.4. The van der Waals surface area contributed by atoms with Gasteiger partial charge < -0.3 is 28.6 Å². The van der Waals surface area contributed by atoms with E-state index in [-0.39, 0.29) is 12.3 Å². The molecule has 0 aliphatic carbocycles. The Balaban J connectivity index is 1.88. The van der Waals surface area contributed by atoms with E-state index < -0.39 is 18.1 Å². The van der Waals surface area contributed by atoms with Gasteiger partial charge in [0.1, 0.15) is 11.5 Å². The predicted octanol–water partition coefficient (Wildman–Crippen LogP) is 3.17. The highest BCUT2D eigenvalue weighted by Crippen LogP contribution is 2.40. The topological polar surface area (TPSA) is 83.5 Å². The Labute approximate surface area is 188 Å². The van der Waals surface area contributed by atoms with Gasteiger partial charge in [0.2, 0.25) is 0 Å². The Bertz CT molecular complexity index is 958. The molecule has 32 heavy (non-hydrogen) atoms. The Morgan fingerprint density at radius 1 is 0.969 bits per heavy atom. The van der Waals surface area contributed by atoms with Gasteiger partial charge in [0.05, 0.1) is 40.9 Å². The van der Waals surface area contributed by atoms with Crippen LogP contribution in [0, 0.1) is 0 Å². The van der Waals surface area contributed by atoms with Crippen molar-refractivity contribution in [1.82, 2.24) is 4.90 Å². The molecule has 0 bridgehead atoms. The van der Waals surface area contributed by atoms with Gasteiger partial charge in [-0.3, -0.25) is 9.59 Å². The zero-order valence-corrected chi connectivity index (χ0v) is 19.0. The van der Waals surface area contributed by atoms with Crippen molar-refractivity contribution in [2.75, 3.05) is 35.0 Å². The molecule has 0 spiro atoms. The number of hydrogen-bond acceptors (Lipinski definition) is 7. The van der Waals surface area contributed by atoms with Gasteiger partial charge in [-0.2, -0.15) is 0 Å². The largest absolute Gasteiger partial charge is 0.497 e. The van der Waals surface area contributed by atoms with E-state index in [1.54, 1.807) is 57.4 Å². The minimum atomic E-state index is -0.745. The molecular formula is C24H29NO7. The van der Waals surface area contributed by atoms with Gasteiger partial charge in [-0.25, -0.2) is 0 Å². The number of esters is 1. The fourth-order valence-corrected chi connectivity index (χ4v) is 3.90. The standard InChI is InChI=1S/C24H29NO7/c1-15(32-18-8-6-17(28-2)7-9-18)24(27)25-11-10-16-12-21(29-3)22(30-4)13-19(16)20(25)14-23(26)31-5/h6-9,12-13,15,20H,10-11,14H2,1-5H3. The molecule has 0 saturated carbocycles. The summed E-state index contributed by atoms with van der Waals surface area (Å²) in [5.41, 5.74) is 1.84. The van der Waals surface area contributed by atoms with Crippen molar-refractivity contribution in [3.05, 3.63) is 47.5 Å². The summed E-state index contributed by atoms with van der Waals surface area (Å²) in [7, 11) is 6.05. The van der Waals surface area contributed by atoms with Gasteiger partial charge >= 0.3 is 5.97 Å². The summed E-state index contributed by atoms with van der Waals surface area (Å²) in [6.45, 7) is 2.14. The number of carbonyl (C=O) groups excluding carboxylic acids is 2. The summed E-state index contributed by atoms with van der Waals surface area (Å²) in [6, 6.07) is 10.3. The van der Waals surface area contributed by atoms with Crippen molar-refractivity contribution in [1.29, 1.82) is 0 Å². The summed E-state index contributed by atoms with van der Waals surface area (Å²) in [4.78, 5) is 27.2. The molecule has 1 amide bonds. The minimum absolute atomic E-state index is 0.0278. The summed E-state index contributed by atoms with van der Waals surface area (Å²) >= 11 is 0. The van der Waals surface area contributed by atoms with E-state index in [9.17, 15) is 9.59 Å². The van der Waals surface area contributed by atoms with E-state index in [1.165, 1.54) is 7.11 Å². The van der Waals surface area contributed by atoms with Crippen LogP contribution in [0.3, 0.4) is 0 Å². The lowest BCUT2D eigenvalue weighted by Gasteiger charge is -2.38. The van der Waals surface area contributed by atoms with Crippen molar-refractivity contribution >= 4 is 11.9 Å². The Morgan fingerprint density at radius 3 is 2.19 bits per heavy atom. The molecule has 2 unspecified atom stereocenters. The lowest BCUT2D eigenvalue weighted by Crippen LogP contribution is -2.46. The van der Waals surface area contributed by atoms with E-state index in [0.29, 0.717) is 36.0 Å². The second-order valence-corrected chi connectivity index (χ2v) is 7.42. The van der Waals surface area contributed by atoms with Gasteiger partial charge in [0, 0.05) is 6.54 Å². The molecule has 0 fully saturated rings. The first-order valence-electron chi connectivity index (χ1n) is 10.3. The maximum Gasteiger partial charge on any atom is 0.307 e. The molecule has 8 heteroatoms. The van der Waals surface area contributed by atoms with Crippen LogP contribution in [0.2, 0.25) is 0 Å². The summed E-state index contributed by atoms with van der Waals surface area (Å²) in [6.07, 6.45) is -0.0980. The molecule has 0 aromatic heterocycles. The molecule has 2 aromatic rings. The SMILES string of the molecule is COC(=O)CC1c2cc(OC)c(OC)cc2CCN1C(=O)C(C)Oc1ccc(OC)cc1. The van der Waals surface area contributed by atoms with Crippen molar-refractivity contribution in [3.63, 3.8) is 0 Å². The van der Waals surface area contributed by atoms with Crippen LogP contribution in [0.25, 0.3) is 0 Å². The summed E-state index contributed by atoms with van der Waals surface area (Å²) < 4.78 is 26.8. The molecule has 1 heterocycles. The molecule has 2 aromatic carbocycles. The first kappa shape index (κ1) is 23.2. The molecule has 0 radical (unpaired) electrons. The van der Waals surface area contributed by atoms with Gasteiger partial charge in [0.25, 0.3) is 5.91 Å².